The first-order valence-electron chi connectivity index (χ1n) is 7.44. The lowest BCUT2D eigenvalue weighted by molar-refractivity contribution is 0.127. The highest BCUT2D eigenvalue weighted by molar-refractivity contribution is 5.32. The highest BCUT2D eigenvalue weighted by atomic mass is 16.3. The maximum absolute atomic E-state index is 10.2. The van der Waals surface area contributed by atoms with E-state index in [4.69, 9.17) is 5.26 Å². The molecule has 0 heterocycles. The highest BCUT2D eigenvalue weighted by Gasteiger charge is 2.31. The molecule has 1 aromatic carbocycles. The van der Waals surface area contributed by atoms with E-state index in [0.717, 1.165) is 5.56 Å². The van der Waals surface area contributed by atoms with Gasteiger partial charge in [0, 0.05) is 12.6 Å². The molecule has 1 aromatic rings. The molecule has 2 atom stereocenters. The Hall–Kier alpha value is -1.37. The van der Waals surface area contributed by atoms with Crippen LogP contribution in [0.1, 0.15) is 56.8 Å². The second kappa shape index (κ2) is 6.39. The highest BCUT2D eigenvalue weighted by Crippen LogP contribution is 2.35. The van der Waals surface area contributed by atoms with Crippen molar-refractivity contribution in [2.45, 2.75) is 51.7 Å². The Morgan fingerprint density at radius 2 is 2.05 bits per heavy atom. The van der Waals surface area contributed by atoms with Gasteiger partial charge in [0.2, 0.25) is 0 Å². The number of nitrogens with zero attached hydrogens (tertiary/aromatic N) is 1. The van der Waals surface area contributed by atoms with E-state index in [1.807, 2.05) is 12.1 Å². The Morgan fingerprint density at radius 1 is 1.35 bits per heavy atom. The van der Waals surface area contributed by atoms with Crippen molar-refractivity contribution in [3.63, 3.8) is 0 Å². The fourth-order valence-corrected chi connectivity index (χ4v) is 3.02. The molecule has 1 fully saturated rings. The summed E-state index contributed by atoms with van der Waals surface area (Å²) in [6, 6.07) is 9.73. The van der Waals surface area contributed by atoms with Gasteiger partial charge in [-0.1, -0.05) is 38.8 Å². The van der Waals surface area contributed by atoms with Crippen LogP contribution in [-0.2, 0) is 0 Å². The first kappa shape index (κ1) is 15.0. The van der Waals surface area contributed by atoms with Crippen molar-refractivity contribution in [3.8, 4) is 6.07 Å². The first-order valence-corrected chi connectivity index (χ1v) is 7.44. The molecule has 1 aliphatic carbocycles. The minimum atomic E-state index is -0.513. The maximum Gasteiger partial charge on any atom is 0.0991 e. The van der Waals surface area contributed by atoms with Crippen LogP contribution in [0.5, 0.6) is 0 Å². The number of nitrogens with one attached hydrogen (secondary N) is 1. The van der Waals surface area contributed by atoms with Gasteiger partial charge in [0.05, 0.1) is 17.7 Å². The smallest absolute Gasteiger partial charge is 0.0991 e. The lowest BCUT2D eigenvalue weighted by Gasteiger charge is -2.39. The quantitative estimate of drug-likeness (QED) is 0.885. The molecule has 0 spiro atoms. The van der Waals surface area contributed by atoms with Crippen molar-refractivity contribution in [2.75, 3.05) is 6.54 Å². The number of nitriles is 1. The maximum atomic E-state index is 10.2. The van der Waals surface area contributed by atoms with E-state index in [9.17, 15) is 5.11 Å². The standard InChI is InChI=1S/C17H24N2O/c1-17(2)10-4-3-5-16(17)19-12-15(20)14-8-6-13(11-18)7-9-14/h6-9,15-16,19-20H,3-5,10,12H2,1-2H3. The van der Waals surface area contributed by atoms with Crippen LogP contribution < -0.4 is 5.32 Å². The topological polar surface area (TPSA) is 56.0 Å². The molecule has 2 N–H and O–H groups in total. The zero-order valence-electron chi connectivity index (χ0n) is 12.4. The Kier molecular flexibility index (Phi) is 4.80. The minimum Gasteiger partial charge on any atom is -0.387 e. The van der Waals surface area contributed by atoms with Crippen molar-refractivity contribution < 1.29 is 5.11 Å². The molecule has 0 bridgehead atoms. The molecule has 0 radical (unpaired) electrons. The molecule has 2 unspecified atom stereocenters. The van der Waals surface area contributed by atoms with E-state index < -0.39 is 6.10 Å². The van der Waals surface area contributed by atoms with Gasteiger partial charge in [0.15, 0.2) is 0 Å². The number of aliphatic hydroxyl groups excluding tert-OH is 1. The molecule has 0 aliphatic heterocycles. The van der Waals surface area contributed by atoms with Crippen LogP contribution >= 0.6 is 0 Å². The summed E-state index contributed by atoms with van der Waals surface area (Å²) in [6.07, 6.45) is 4.50. The van der Waals surface area contributed by atoms with Gasteiger partial charge < -0.3 is 10.4 Å². The molecule has 1 aliphatic rings. The van der Waals surface area contributed by atoms with Crippen LogP contribution in [0.15, 0.2) is 24.3 Å². The van der Waals surface area contributed by atoms with Gasteiger partial charge in [0.1, 0.15) is 0 Å². The number of aliphatic hydroxyl groups is 1. The zero-order valence-corrected chi connectivity index (χ0v) is 12.4. The molecule has 108 valence electrons. The van der Waals surface area contributed by atoms with Crippen LogP contribution in [0.2, 0.25) is 0 Å². The third-order valence-electron chi connectivity index (χ3n) is 4.49. The molecule has 0 saturated heterocycles. The third kappa shape index (κ3) is 3.59. The SMILES string of the molecule is CC1(C)CCCCC1NCC(O)c1ccc(C#N)cc1. The minimum absolute atomic E-state index is 0.308. The van der Waals surface area contributed by atoms with Crippen molar-refractivity contribution in [3.05, 3.63) is 35.4 Å². The molecular weight excluding hydrogens is 248 g/mol. The number of hydrogen-bond acceptors (Lipinski definition) is 3. The molecular formula is C17H24N2O. The van der Waals surface area contributed by atoms with Gasteiger partial charge in [0.25, 0.3) is 0 Å². The Bertz CT molecular complexity index is 473. The van der Waals surface area contributed by atoms with Crippen molar-refractivity contribution in [2.24, 2.45) is 5.41 Å². The molecule has 0 aromatic heterocycles. The van der Waals surface area contributed by atoms with Gasteiger partial charge >= 0.3 is 0 Å². The van der Waals surface area contributed by atoms with Crippen LogP contribution in [0.4, 0.5) is 0 Å². The summed E-state index contributed by atoms with van der Waals surface area (Å²) in [4.78, 5) is 0. The average molecular weight is 272 g/mol. The second-order valence-corrected chi connectivity index (χ2v) is 6.44. The summed E-state index contributed by atoms with van der Waals surface area (Å²) in [5, 5.41) is 22.5. The largest absolute Gasteiger partial charge is 0.387 e. The van der Waals surface area contributed by atoms with Crippen LogP contribution in [0.3, 0.4) is 0 Å². The van der Waals surface area contributed by atoms with Crippen LogP contribution in [-0.4, -0.2) is 17.7 Å². The van der Waals surface area contributed by atoms with Gasteiger partial charge in [-0.15, -0.1) is 0 Å². The summed E-state index contributed by atoms with van der Waals surface area (Å²) in [6.45, 7) is 5.18. The number of rotatable bonds is 4. The van der Waals surface area contributed by atoms with E-state index in [1.54, 1.807) is 12.1 Å². The molecule has 3 heteroatoms. The van der Waals surface area contributed by atoms with E-state index in [-0.39, 0.29) is 0 Å². The zero-order chi connectivity index (χ0) is 14.6. The molecule has 1 saturated carbocycles. The van der Waals surface area contributed by atoms with Crippen LogP contribution in [0.25, 0.3) is 0 Å². The lowest BCUT2D eigenvalue weighted by Crippen LogP contribution is -2.45. The van der Waals surface area contributed by atoms with Gasteiger partial charge in [-0.05, 0) is 36.0 Å². The summed E-state index contributed by atoms with van der Waals surface area (Å²) in [5.41, 5.74) is 1.80. The fraction of sp³-hybridized carbons (Fsp3) is 0.588. The van der Waals surface area contributed by atoms with E-state index in [0.29, 0.717) is 23.6 Å². The van der Waals surface area contributed by atoms with Crippen molar-refractivity contribution in [1.82, 2.24) is 5.32 Å². The van der Waals surface area contributed by atoms with Crippen molar-refractivity contribution >= 4 is 0 Å². The third-order valence-corrected chi connectivity index (χ3v) is 4.49. The normalized spacial score (nSPS) is 23.0. The summed E-state index contributed by atoms with van der Waals surface area (Å²) < 4.78 is 0. The Balaban J connectivity index is 1.91. The van der Waals surface area contributed by atoms with Gasteiger partial charge in [-0.2, -0.15) is 5.26 Å². The fourth-order valence-electron chi connectivity index (χ4n) is 3.02. The lowest BCUT2D eigenvalue weighted by atomic mass is 9.73. The predicted molar refractivity (Wildman–Crippen MR) is 80.2 cm³/mol. The predicted octanol–water partition coefficient (Wildman–Crippen LogP) is 3.15. The summed E-state index contributed by atoms with van der Waals surface area (Å²) in [7, 11) is 0. The summed E-state index contributed by atoms with van der Waals surface area (Å²) >= 11 is 0. The van der Waals surface area contributed by atoms with Gasteiger partial charge in [-0.3, -0.25) is 0 Å². The summed E-state index contributed by atoms with van der Waals surface area (Å²) in [5.74, 6) is 0. The average Bonchev–Trinajstić information content (AvgIpc) is 2.45. The van der Waals surface area contributed by atoms with E-state index >= 15 is 0 Å². The second-order valence-electron chi connectivity index (χ2n) is 6.44. The molecule has 0 amide bonds. The Labute approximate surface area is 121 Å². The Morgan fingerprint density at radius 3 is 2.65 bits per heavy atom. The number of hydrogen-bond donors (Lipinski definition) is 2. The first-order chi connectivity index (χ1) is 9.53. The van der Waals surface area contributed by atoms with E-state index in [2.05, 4.69) is 25.2 Å². The molecule has 20 heavy (non-hydrogen) atoms. The van der Waals surface area contributed by atoms with Crippen LogP contribution in [0, 0.1) is 16.7 Å². The monoisotopic (exact) mass is 272 g/mol. The molecule has 2 rings (SSSR count). The van der Waals surface area contributed by atoms with E-state index in [1.165, 1.54) is 25.7 Å². The number of benzene rings is 1. The van der Waals surface area contributed by atoms with Gasteiger partial charge in [-0.25, -0.2) is 0 Å². The molecule has 3 nitrogen and oxygen atoms in total. The van der Waals surface area contributed by atoms with Crippen molar-refractivity contribution in [1.29, 1.82) is 5.26 Å².